The topological polar surface area (TPSA) is 0 Å². The van der Waals surface area contributed by atoms with Gasteiger partial charge < -0.3 is 0 Å². The molecule has 0 bridgehead atoms. The summed E-state index contributed by atoms with van der Waals surface area (Å²) in [5, 5.41) is 0. The lowest BCUT2D eigenvalue weighted by molar-refractivity contribution is 0.235. The summed E-state index contributed by atoms with van der Waals surface area (Å²) in [6.07, 6.45) is 27.2. The van der Waals surface area contributed by atoms with Crippen molar-refractivity contribution in [2.45, 2.75) is 110 Å². The molecule has 0 amide bonds. The summed E-state index contributed by atoms with van der Waals surface area (Å²) in [5.41, 5.74) is 0. The Bertz CT molecular complexity index is 308. The Morgan fingerprint density at radius 1 is 0.739 bits per heavy atom. The van der Waals surface area contributed by atoms with E-state index >= 15 is 0 Å². The van der Waals surface area contributed by atoms with Crippen LogP contribution in [-0.4, -0.2) is 0 Å². The first-order valence-electron chi connectivity index (χ1n) is 11.0. The lowest BCUT2D eigenvalue weighted by atomic mass is 9.75. The Morgan fingerprint density at radius 3 is 2.09 bits per heavy atom. The highest BCUT2D eigenvalue weighted by Gasteiger charge is 2.23. The van der Waals surface area contributed by atoms with E-state index in [1.807, 2.05) is 0 Å². The first-order chi connectivity index (χ1) is 11.3. The van der Waals surface area contributed by atoms with E-state index in [0.29, 0.717) is 0 Å². The van der Waals surface area contributed by atoms with Gasteiger partial charge in [-0.2, -0.15) is 0 Å². The summed E-state index contributed by atoms with van der Waals surface area (Å²) >= 11 is 0. The van der Waals surface area contributed by atoms with Crippen LogP contribution in [0, 0.1) is 23.7 Å². The Hall–Kier alpha value is -0.260. The maximum absolute atomic E-state index is 2.55. The molecular weight excluding hydrogens is 276 g/mol. The van der Waals surface area contributed by atoms with Crippen LogP contribution in [0.15, 0.2) is 12.2 Å². The van der Waals surface area contributed by atoms with E-state index in [0.717, 1.165) is 23.7 Å². The third kappa shape index (κ3) is 7.02. The number of unbranched alkanes of at least 4 members (excludes halogenated alkanes) is 1. The Labute approximate surface area is 146 Å². The average Bonchev–Trinajstić information content (AvgIpc) is 2.59. The van der Waals surface area contributed by atoms with Gasteiger partial charge in [0.1, 0.15) is 0 Å². The summed E-state index contributed by atoms with van der Waals surface area (Å²) in [6.45, 7) is 4.61. The van der Waals surface area contributed by atoms with Crippen molar-refractivity contribution >= 4 is 0 Å². The van der Waals surface area contributed by atoms with Crippen LogP contribution in [0.4, 0.5) is 0 Å². The van der Waals surface area contributed by atoms with Crippen LogP contribution in [0.3, 0.4) is 0 Å². The zero-order chi connectivity index (χ0) is 16.3. The molecule has 0 aromatic heterocycles. The highest BCUT2D eigenvalue weighted by Crippen LogP contribution is 2.36. The summed E-state index contributed by atoms with van der Waals surface area (Å²) in [5.74, 6) is 4.06. The van der Waals surface area contributed by atoms with Gasteiger partial charge in [0.05, 0.1) is 0 Å². The molecule has 0 spiro atoms. The molecule has 0 aromatic rings. The molecule has 2 unspecified atom stereocenters. The van der Waals surface area contributed by atoms with Crippen LogP contribution in [0.25, 0.3) is 0 Å². The first-order valence-corrected chi connectivity index (χ1v) is 11.0. The second-order valence-electron chi connectivity index (χ2n) is 8.50. The van der Waals surface area contributed by atoms with Crippen molar-refractivity contribution in [3.05, 3.63) is 12.2 Å². The fourth-order valence-electron chi connectivity index (χ4n) is 5.22. The minimum atomic E-state index is 0.910. The van der Waals surface area contributed by atoms with Gasteiger partial charge in [-0.3, -0.25) is 0 Å². The minimum absolute atomic E-state index is 0.910. The molecule has 2 saturated carbocycles. The van der Waals surface area contributed by atoms with Gasteiger partial charge in [0.2, 0.25) is 0 Å². The molecule has 23 heavy (non-hydrogen) atoms. The predicted octanol–water partition coefficient (Wildman–Crippen LogP) is 7.93. The van der Waals surface area contributed by atoms with Crippen molar-refractivity contribution < 1.29 is 0 Å². The van der Waals surface area contributed by atoms with Crippen molar-refractivity contribution in [2.24, 2.45) is 23.7 Å². The summed E-state index contributed by atoms with van der Waals surface area (Å²) in [7, 11) is 0. The second-order valence-corrected chi connectivity index (χ2v) is 8.50. The lowest BCUT2D eigenvalue weighted by Crippen LogP contribution is -2.18. The van der Waals surface area contributed by atoms with Crippen LogP contribution in [-0.2, 0) is 0 Å². The van der Waals surface area contributed by atoms with E-state index in [1.54, 1.807) is 0 Å². The quantitative estimate of drug-likeness (QED) is 0.299. The fraction of sp³-hybridized carbons (Fsp3) is 0.913. The fourth-order valence-corrected chi connectivity index (χ4v) is 5.22. The van der Waals surface area contributed by atoms with E-state index in [2.05, 4.69) is 26.0 Å². The van der Waals surface area contributed by atoms with Gasteiger partial charge in [0.15, 0.2) is 0 Å². The van der Waals surface area contributed by atoms with E-state index < -0.39 is 0 Å². The first kappa shape index (κ1) is 19.1. The Kier molecular flexibility index (Phi) is 9.39. The van der Waals surface area contributed by atoms with Gasteiger partial charge in [-0.1, -0.05) is 96.6 Å². The van der Waals surface area contributed by atoms with Gasteiger partial charge >= 0.3 is 0 Å². The summed E-state index contributed by atoms with van der Waals surface area (Å²) < 4.78 is 0. The smallest absolute Gasteiger partial charge is 0.0205 e. The molecule has 0 aliphatic heterocycles. The van der Waals surface area contributed by atoms with E-state index in [-0.39, 0.29) is 0 Å². The minimum Gasteiger partial charge on any atom is -0.0885 e. The third-order valence-electron chi connectivity index (χ3n) is 6.69. The molecule has 2 aliphatic carbocycles. The van der Waals surface area contributed by atoms with Crippen molar-refractivity contribution in [3.8, 4) is 0 Å². The SMILES string of the molecule is CCC=CC1CCCCC1CCCCC1CCC(CCC)CC1. The average molecular weight is 319 g/mol. The van der Waals surface area contributed by atoms with Crippen molar-refractivity contribution in [2.75, 3.05) is 0 Å². The van der Waals surface area contributed by atoms with Crippen LogP contribution < -0.4 is 0 Å². The normalized spacial score (nSPS) is 32.4. The largest absolute Gasteiger partial charge is 0.0885 e. The maximum atomic E-state index is 2.55. The van der Waals surface area contributed by atoms with Crippen LogP contribution in [0.5, 0.6) is 0 Å². The highest BCUT2D eigenvalue weighted by molar-refractivity contribution is 4.93. The molecule has 2 rings (SSSR count). The Balaban J connectivity index is 1.58. The zero-order valence-corrected chi connectivity index (χ0v) is 16.1. The van der Waals surface area contributed by atoms with E-state index in [4.69, 9.17) is 0 Å². The number of hydrogen-bond acceptors (Lipinski definition) is 0. The molecule has 134 valence electrons. The molecule has 2 fully saturated rings. The third-order valence-corrected chi connectivity index (χ3v) is 6.69. The molecule has 0 N–H and O–H groups in total. The number of hydrogen-bond donors (Lipinski definition) is 0. The number of allylic oxidation sites excluding steroid dienone is 2. The van der Waals surface area contributed by atoms with Crippen LogP contribution in [0.2, 0.25) is 0 Å². The number of rotatable bonds is 9. The summed E-state index contributed by atoms with van der Waals surface area (Å²) in [4.78, 5) is 0. The molecular formula is C23H42. The molecule has 0 heterocycles. The highest BCUT2D eigenvalue weighted by atomic mass is 14.3. The maximum Gasteiger partial charge on any atom is -0.0205 e. The van der Waals surface area contributed by atoms with Crippen LogP contribution >= 0.6 is 0 Å². The summed E-state index contributed by atoms with van der Waals surface area (Å²) in [6, 6.07) is 0. The zero-order valence-electron chi connectivity index (χ0n) is 16.1. The van der Waals surface area contributed by atoms with Crippen LogP contribution in [0.1, 0.15) is 110 Å². The molecule has 2 atom stereocenters. The van der Waals surface area contributed by atoms with Gasteiger partial charge in [-0.05, 0) is 49.4 Å². The monoisotopic (exact) mass is 318 g/mol. The Morgan fingerprint density at radius 2 is 1.39 bits per heavy atom. The van der Waals surface area contributed by atoms with Gasteiger partial charge in [0, 0.05) is 0 Å². The van der Waals surface area contributed by atoms with E-state index in [9.17, 15) is 0 Å². The molecule has 0 aromatic carbocycles. The molecule has 0 nitrogen and oxygen atoms in total. The van der Waals surface area contributed by atoms with Crippen molar-refractivity contribution in [1.82, 2.24) is 0 Å². The van der Waals surface area contributed by atoms with Crippen molar-refractivity contribution in [3.63, 3.8) is 0 Å². The standard InChI is InChI=1S/C23H42/c1-3-5-12-22-14-8-9-15-23(22)13-7-6-11-21-18-16-20(10-4-2)17-19-21/h5,12,20-23H,3-4,6-11,13-19H2,1-2H3. The molecule has 2 aliphatic rings. The van der Waals surface area contributed by atoms with E-state index in [1.165, 1.54) is 96.3 Å². The van der Waals surface area contributed by atoms with Gasteiger partial charge in [0.25, 0.3) is 0 Å². The van der Waals surface area contributed by atoms with Gasteiger partial charge in [-0.15, -0.1) is 0 Å². The lowest BCUT2D eigenvalue weighted by Gasteiger charge is -2.30. The van der Waals surface area contributed by atoms with Crippen molar-refractivity contribution in [1.29, 1.82) is 0 Å². The molecule has 0 radical (unpaired) electrons. The second kappa shape index (κ2) is 11.3. The van der Waals surface area contributed by atoms with Gasteiger partial charge in [-0.25, -0.2) is 0 Å². The molecule has 0 saturated heterocycles. The molecule has 0 heteroatoms. The predicted molar refractivity (Wildman–Crippen MR) is 104 cm³/mol.